The lowest BCUT2D eigenvalue weighted by Gasteiger charge is -2.38. The third kappa shape index (κ3) is 3.35. The van der Waals surface area contributed by atoms with Crippen molar-refractivity contribution in [2.45, 2.75) is 12.5 Å². The monoisotopic (exact) mass is 332 g/mol. The number of rotatable bonds is 4. The zero-order valence-corrected chi connectivity index (χ0v) is 12.9. The van der Waals surface area contributed by atoms with Crippen LogP contribution in [0.25, 0.3) is 0 Å². The molecule has 2 aromatic carbocycles. The van der Waals surface area contributed by atoms with E-state index in [0.717, 1.165) is 0 Å². The van der Waals surface area contributed by atoms with Gasteiger partial charge in [-0.1, -0.05) is 29.8 Å². The SMILES string of the molecule is O=C(Cc1ccccc1Cl)N[C@H]1CN(c2ccc(F)cc2)C1=O. The van der Waals surface area contributed by atoms with Crippen LogP contribution in [-0.2, 0) is 16.0 Å². The van der Waals surface area contributed by atoms with E-state index < -0.39 is 6.04 Å². The van der Waals surface area contributed by atoms with Crippen LogP contribution in [0.1, 0.15) is 5.56 Å². The second kappa shape index (κ2) is 6.38. The molecule has 2 amide bonds. The van der Waals surface area contributed by atoms with Gasteiger partial charge in [0, 0.05) is 10.7 Å². The second-order valence-electron chi connectivity index (χ2n) is 5.31. The van der Waals surface area contributed by atoms with Crippen molar-refractivity contribution in [2.75, 3.05) is 11.4 Å². The van der Waals surface area contributed by atoms with Crippen molar-refractivity contribution in [3.63, 3.8) is 0 Å². The molecule has 118 valence electrons. The number of β-lactam (4-membered cyclic amide) rings is 1. The van der Waals surface area contributed by atoms with Gasteiger partial charge in [0.2, 0.25) is 5.91 Å². The van der Waals surface area contributed by atoms with Gasteiger partial charge >= 0.3 is 0 Å². The third-order valence-corrected chi connectivity index (χ3v) is 4.08. The van der Waals surface area contributed by atoms with Crippen molar-refractivity contribution in [2.24, 2.45) is 0 Å². The van der Waals surface area contributed by atoms with Crippen LogP contribution in [0.15, 0.2) is 48.5 Å². The molecule has 0 saturated carbocycles. The Hall–Kier alpha value is -2.40. The molecule has 6 heteroatoms. The maximum atomic E-state index is 12.9. The van der Waals surface area contributed by atoms with E-state index in [0.29, 0.717) is 22.8 Å². The Kier molecular flexibility index (Phi) is 4.30. The number of hydrogen-bond acceptors (Lipinski definition) is 2. The fourth-order valence-corrected chi connectivity index (χ4v) is 2.65. The summed E-state index contributed by atoms with van der Waals surface area (Å²) in [5, 5.41) is 3.21. The maximum Gasteiger partial charge on any atom is 0.251 e. The molecule has 1 saturated heterocycles. The van der Waals surface area contributed by atoms with Crippen molar-refractivity contribution in [3.05, 3.63) is 64.9 Å². The second-order valence-corrected chi connectivity index (χ2v) is 5.72. The first kappa shape index (κ1) is 15.5. The molecule has 1 aliphatic heterocycles. The lowest BCUT2D eigenvalue weighted by atomic mass is 10.1. The minimum atomic E-state index is -0.546. The molecule has 0 radical (unpaired) electrons. The van der Waals surface area contributed by atoms with Crippen molar-refractivity contribution in [3.8, 4) is 0 Å². The molecule has 1 N–H and O–H groups in total. The van der Waals surface area contributed by atoms with Crippen LogP contribution in [0.2, 0.25) is 5.02 Å². The summed E-state index contributed by atoms with van der Waals surface area (Å²) in [6.45, 7) is 0.374. The highest BCUT2D eigenvalue weighted by Gasteiger charge is 2.38. The fraction of sp³-hybridized carbons (Fsp3) is 0.176. The fourth-order valence-electron chi connectivity index (χ4n) is 2.45. The van der Waals surface area contributed by atoms with Crippen molar-refractivity contribution >= 4 is 29.1 Å². The van der Waals surface area contributed by atoms with Gasteiger partial charge in [0.15, 0.2) is 0 Å². The van der Waals surface area contributed by atoms with Gasteiger partial charge in [-0.05, 0) is 35.9 Å². The summed E-state index contributed by atoms with van der Waals surface area (Å²) in [7, 11) is 0. The highest BCUT2D eigenvalue weighted by atomic mass is 35.5. The molecule has 0 bridgehead atoms. The Morgan fingerprint density at radius 3 is 2.57 bits per heavy atom. The smallest absolute Gasteiger partial charge is 0.251 e. The van der Waals surface area contributed by atoms with E-state index in [2.05, 4.69) is 5.32 Å². The molecule has 0 spiro atoms. The Balaban J connectivity index is 1.56. The summed E-state index contributed by atoms with van der Waals surface area (Å²) < 4.78 is 12.9. The normalized spacial score (nSPS) is 16.9. The zero-order chi connectivity index (χ0) is 16.4. The van der Waals surface area contributed by atoms with Crippen molar-refractivity contribution in [1.82, 2.24) is 5.32 Å². The molecule has 4 nitrogen and oxygen atoms in total. The van der Waals surface area contributed by atoms with E-state index in [1.165, 1.54) is 29.2 Å². The van der Waals surface area contributed by atoms with Gasteiger partial charge in [0.25, 0.3) is 5.91 Å². The minimum Gasteiger partial charge on any atom is -0.342 e. The van der Waals surface area contributed by atoms with Crippen LogP contribution in [-0.4, -0.2) is 24.4 Å². The van der Waals surface area contributed by atoms with Gasteiger partial charge < -0.3 is 10.2 Å². The van der Waals surface area contributed by atoms with Crippen molar-refractivity contribution in [1.29, 1.82) is 0 Å². The minimum absolute atomic E-state index is 0.125. The molecular formula is C17H14ClFN2O2. The summed E-state index contributed by atoms with van der Waals surface area (Å²) in [5.74, 6) is -0.814. The zero-order valence-electron chi connectivity index (χ0n) is 12.1. The number of carbonyl (C=O) groups excluding carboxylic acids is 2. The average molecular weight is 333 g/mol. The number of halogens is 2. The van der Waals surface area contributed by atoms with E-state index in [9.17, 15) is 14.0 Å². The number of benzene rings is 2. The van der Waals surface area contributed by atoms with Gasteiger partial charge in [-0.15, -0.1) is 0 Å². The van der Waals surface area contributed by atoms with E-state index in [1.54, 1.807) is 24.3 Å². The van der Waals surface area contributed by atoms with Crippen LogP contribution in [0.5, 0.6) is 0 Å². The number of hydrogen-bond donors (Lipinski definition) is 1. The summed E-state index contributed by atoms with van der Waals surface area (Å²) in [6.07, 6.45) is 0.125. The first-order chi connectivity index (χ1) is 11.0. The van der Waals surface area contributed by atoms with Gasteiger partial charge in [-0.2, -0.15) is 0 Å². The van der Waals surface area contributed by atoms with Gasteiger partial charge in [-0.25, -0.2) is 4.39 Å². The topological polar surface area (TPSA) is 49.4 Å². The van der Waals surface area contributed by atoms with E-state index in [-0.39, 0.29) is 24.1 Å². The molecule has 1 heterocycles. The predicted octanol–water partition coefficient (Wildman–Crippen LogP) is 2.55. The molecule has 23 heavy (non-hydrogen) atoms. The predicted molar refractivity (Wildman–Crippen MR) is 85.8 cm³/mol. The van der Waals surface area contributed by atoms with Crippen LogP contribution in [0.4, 0.5) is 10.1 Å². The Labute approximate surface area is 137 Å². The largest absolute Gasteiger partial charge is 0.342 e. The summed E-state index contributed by atoms with van der Waals surface area (Å²) in [5.41, 5.74) is 1.34. The summed E-state index contributed by atoms with van der Waals surface area (Å²) in [6, 6.07) is 12.2. The molecule has 0 aromatic heterocycles. The van der Waals surface area contributed by atoms with Crippen LogP contribution in [0, 0.1) is 5.82 Å². The third-order valence-electron chi connectivity index (χ3n) is 3.71. The Morgan fingerprint density at radius 2 is 1.91 bits per heavy atom. The molecule has 3 rings (SSSR count). The molecular weight excluding hydrogens is 319 g/mol. The van der Waals surface area contributed by atoms with Gasteiger partial charge in [0.1, 0.15) is 11.9 Å². The molecule has 0 aliphatic carbocycles. The average Bonchev–Trinajstić information content (AvgIpc) is 2.54. The van der Waals surface area contributed by atoms with Crippen LogP contribution >= 0.6 is 11.6 Å². The van der Waals surface area contributed by atoms with Gasteiger partial charge in [0.05, 0.1) is 13.0 Å². The van der Waals surface area contributed by atoms with Crippen LogP contribution in [0.3, 0.4) is 0 Å². The first-order valence-corrected chi connectivity index (χ1v) is 7.52. The Bertz CT molecular complexity index is 749. The molecule has 0 unspecified atom stereocenters. The van der Waals surface area contributed by atoms with E-state index in [1.807, 2.05) is 0 Å². The quantitative estimate of drug-likeness (QED) is 0.875. The Morgan fingerprint density at radius 1 is 1.22 bits per heavy atom. The molecule has 1 atom stereocenters. The highest BCUT2D eigenvalue weighted by Crippen LogP contribution is 2.22. The number of anilines is 1. The summed E-state index contributed by atoms with van der Waals surface area (Å²) >= 11 is 6.01. The van der Waals surface area contributed by atoms with Gasteiger partial charge in [-0.3, -0.25) is 9.59 Å². The summed E-state index contributed by atoms with van der Waals surface area (Å²) in [4.78, 5) is 25.6. The maximum absolute atomic E-state index is 12.9. The lowest BCUT2D eigenvalue weighted by Crippen LogP contribution is -2.64. The number of nitrogens with one attached hydrogen (secondary N) is 1. The highest BCUT2D eigenvalue weighted by molar-refractivity contribution is 6.31. The van der Waals surface area contributed by atoms with Crippen LogP contribution < -0.4 is 10.2 Å². The standard InChI is InChI=1S/C17H14ClFN2O2/c18-14-4-2-1-3-11(14)9-16(22)20-15-10-21(17(15)23)13-7-5-12(19)6-8-13/h1-8,15H,9-10H2,(H,20,22)/t15-/m0/s1. The number of amides is 2. The van der Waals surface area contributed by atoms with E-state index >= 15 is 0 Å². The van der Waals surface area contributed by atoms with Crippen molar-refractivity contribution < 1.29 is 14.0 Å². The first-order valence-electron chi connectivity index (χ1n) is 7.14. The van der Waals surface area contributed by atoms with E-state index in [4.69, 9.17) is 11.6 Å². The number of carbonyl (C=O) groups is 2. The molecule has 1 aliphatic rings. The molecule has 1 fully saturated rings. The number of nitrogens with zero attached hydrogens (tertiary/aromatic N) is 1. The molecule has 2 aromatic rings. The lowest BCUT2D eigenvalue weighted by molar-refractivity contribution is -0.130.